The molecule has 1 saturated heterocycles. The summed E-state index contributed by atoms with van der Waals surface area (Å²) in [6.07, 6.45) is 0. The maximum absolute atomic E-state index is 12.4. The van der Waals surface area contributed by atoms with Crippen LogP contribution in [0.1, 0.15) is 5.69 Å². The van der Waals surface area contributed by atoms with Crippen LogP contribution in [0, 0.1) is 0 Å². The number of anilines is 1. The van der Waals surface area contributed by atoms with Crippen LogP contribution in [0.5, 0.6) is 5.75 Å². The third kappa shape index (κ3) is 4.93. The van der Waals surface area contributed by atoms with E-state index in [4.69, 9.17) is 9.72 Å². The second kappa shape index (κ2) is 9.07. The predicted octanol–water partition coefficient (Wildman–Crippen LogP) is 4.17. The van der Waals surface area contributed by atoms with Crippen LogP contribution >= 0.6 is 11.3 Å². The second-order valence-corrected chi connectivity index (χ2v) is 7.79. The van der Waals surface area contributed by atoms with Crippen molar-refractivity contribution in [3.05, 3.63) is 65.7 Å². The summed E-state index contributed by atoms with van der Waals surface area (Å²) in [6, 6.07) is 17.5. The maximum atomic E-state index is 12.4. The highest BCUT2D eigenvalue weighted by Gasteiger charge is 2.21. The lowest BCUT2D eigenvalue weighted by atomic mass is 10.2. The van der Waals surface area contributed by atoms with E-state index in [9.17, 15) is 4.79 Å². The van der Waals surface area contributed by atoms with E-state index >= 15 is 0 Å². The molecular weight excluding hydrogens is 384 g/mol. The SMILES string of the molecule is COc1ccc(-c2nc(CN3CCN(C(=O)Nc4ccccc4)CC3)cs2)cc1. The summed E-state index contributed by atoms with van der Waals surface area (Å²) >= 11 is 1.66. The molecule has 0 spiro atoms. The molecule has 6 nitrogen and oxygen atoms in total. The fourth-order valence-electron chi connectivity index (χ4n) is 3.31. The fourth-order valence-corrected chi connectivity index (χ4v) is 4.13. The van der Waals surface area contributed by atoms with Gasteiger partial charge in [-0.3, -0.25) is 4.90 Å². The smallest absolute Gasteiger partial charge is 0.321 e. The number of urea groups is 1. The van der Waals surface area contributed by atoms with Gasteiger partial charge in [0.25, 0.3) is 0 Å². The van der Waals surface area contributed by atoms with Crippen LogP contribution in [-0.4, -0.2) is 54.1 Å². The first-order valence-corrected chi connectivity index (χ1v) is 10.5. The first-order valence-electron chi connectivity index (χ1n) is 9.63. The minimum absolute atomic E-state index is 0.0358. The van der Waals surface area contributed by atoms with Gasteiger partial charge in [-0.25, -0.2) is 9.78 Å². The van der Waals surface area contributed by atoms with Crippen LogP contribution in [0.2, 0.25) is 0 Å². The molecule has 1 aliphatic heterocycles. The molecule has 0 saturated carbocycles. The predicted molar refractivity (Wildman–Crippen MR) is 116 cm³/mol. The van der Waals surface area contributed by atoms with Crippen molar-refractivity contribution in [1.82, 2.24) is 14.8 Å². The van der Waals surface area contributed by atoms with Gasteiger partial charge in [-0.1, -0.05) is 18.2 Å². The molecule has 0 radical (unpaired) electrons. The Morgan fingerprint density at radius 3 is 2.48 bits per heavy atom. The minimum atomic E-state index is -0.0358. The van der Waals surface area contributed by atoms with Gasteiger partial charge in [0, 0.05) is 49.4 Å². The van der Waals surface area contributed by atoms with E-state index in [1.165, 1.54) is 0 Å². The Morgan fingerprint density at radius 2 is 1.79 bits per heavy atom. The molecule has 2 aromatic carbocycles. The number of amides is 2. The van der Waals surface area contributed by atoms with Crippen LogP contribution in [0.25, 0.3) is 10.6 Å². The van der Waals surface area contributed by atoms with Crippen LogP contribution in [-0.2, 0) is 6.54 Å². The quantitative estimate of drug-likeness (QED) is 0.688. The van der Waals surface area contributed by atoms with E-state index in [-0.39, 0.29) is 6.03 Å². The molecule has 1 aromatic heterocycles. The summed E-state index contributed by atoms with van der Waals surface area (Å²) in [6.45, 7) is 3.93. The molecular formula is C22H24N4O2S. The molecule has 0 atom stereocenters. The van der Waals surface area contributed by atoms with Gasteiger partial charge >= 0.3 is 6.03 Å². The number of carbonyl (C=O) groups excluding carboxylic acids is 1. The number of aromatic nitrogens is 1. The van der Waals surface area contributed by atoms with E-state index in [0.29, 0.717) is 13.1 Å². The summed E-state index contributed by atoms with van der Waals surface area (Å²) in [4.78, 5) is 21.4. The van der Waals surface area contributed by atoms with E-state index in [2.05, 4.69) is 15.6 Å². The zero-order valence-corrected chi connectivity index (χ0v) is 17.2. The molecule has 7 heteroatoms. The molecule has 0 unspecified atom stereocenters. The Bertz CT molecular complexity index is 935. The number of hydrogen-bond donors (Lipinski definition) is 1. The Balaban J connectivity index is 1.28. The minimum Gasteiger partial charge on any atom is -0.497 e. The molecule has 29 heavy (non-hydrogen) atoms. The van der Waals surface area contributed by atoms with Gasteiger partial charge in [0.1, 0.15) is 10.8 Å². The van der Waals surface area contributed by atoms with E-state index in [0.717, 1.165) is 47.3 Å². The third-order valence-corrected chi connectivity index (χ3v) is 5.90. The number of piperazine rings is 1. The molecule has 150 valence electrons. The van der Waals surface area contributed by atoms with Gasteiger partial charge in [-0.05, 0) is 36.4 Å². The van der Waals surface area contributed by atoms with Crippen molar-refractivity contribution in [2.24, 2.45) is 0 Å². The van der Waals surface area contributed by atoms with Crippen molar-refractivity contribution in [2.75, 3.05) is 38.6 Å². The Labute approximate surface area is 174 Å². The van der Waals surface area contributed by atoms with Crippen molar-refractivity contribution in [2.45, 2.75) is 6.54 Å². The second-order valence-electron chi connectivity index (χ2n) is 6.93. The maximum Gasteiger partial charge on any atom is 0.321 e. The number of methoxy groups -OCH3 is 1. The van der Waals surface area contributed by atoms with Crippen LogP contribution in [0.15, 0.2) is 60.0 Å². The zero-order valence-electron chi connectivity index (χ0n) is 16.4. The normalized spacial score (nSPS) is 14.6. The van der Waals surface area contributed by atoms with Gasteiger partial charge in [-0.15, -0.1) is 11.3 Å². The molecule has 2 heterocycles. The van der Waals surface area contributed by atoms with E-state index in [1.807, 2.05) is 59.5 Å². The number of carbonyl (C=O) groups is 1. The van der Waals surface area contributed by atoms with E-state index < -0.39 is 0 Å². The number of ether oxygens (including phenoxy) is 1. The molecule has 1 N–H and O–H groups in total. The molecule has 0 aliphatic carbocycles. The van der Waals surface area contributed by atoms with E-state index in [1.54, 1.807) is 18.4 Å². The highest BCUT2D eigenvalue weighted by molar-refractivity contribution is 7.13. The number of hydrogen-bond acceptors (Lipinski definition) is 5. The highest BCUT2D eigenvalue weighted by Crippen LogP contribution is 2.26. The number of nitrogens with one attached hydrogen (secondary N) is 1. The number of rotatable bonds is 5. The number of para-hydroxylation sites is 1. The topological polar surface area (TPSA) is 57.7 Å². The number of thiazole rings is 1. The van der Waals surface area contributed by atoms with Crippen LogP contribution < -0.4 is 10.1 Å². The largest absolute Gasteiger partial charge is 0.497 e. The first kappa shape index (κ1) is 19.4. The zero-order chi connectivity index (χ0) is 20.1. The summed E-state index contributed by atoms with van der Waals surface area (Å²) in [5.74, 6) is 0.847. The summed E-state index contributed by atoms with van der Waals surface area (Å²) in [5, 5.41) is 6.09. The van der Waals surface area contributed by atoms with Crippen molar-refractivity contribution in [3.8, 4) is 16.3 Å². The lowest BCUT2D eigenvalue weighted by Crippen LogP contribution is -2.49. The molecule has 2 amide bonds. The van der Waals surface area contributed by atoms with Gasteiger partial charge in [0.05, 0.1) is 12.8 Å². The van der Waals surface area contributed by atoms with Gasteiger partial charge in [-0.2, -0.15) is 0 Å². The third-order valence-electron chi connectivity index (χ3n) is 4.96. The lowest BCUT2D eigenvalue weighted by molar-refractivity contribution is 0.142. The molecule has 4 rings (SSSR count). The summed E-state index contributed by atoms with van der Waals surface area (Å²) < 4.78 is 5.21. The number of benzene rings is 2. The highest BCUT2D eigenvalue weighted by atomic mass is 32.1. The van der Waals surface area contributed by atoms with Crippen LogP contribution in [0.4, 0.5) is 10.5 Å². The van der Waals surface area contributed by atoms with Crippen molar-refractivity contribution in [1.29, 1.82) is 0 Å². The first-order chi connectivity index (χ1) is 14.2. The standard InChI is InChI=1S/C22H24N4O2S/c1-28-20-9-7-17(8-10-20)21-23-19(16-29-21)15-25-11-13-26(14-12-25)22(27)24-18-5-3-2-4-6-18/h2-10,16H,11-15H2,1H3,(H,24,27). The van der Waals surface area contributed by atoms with Crippen LogP contribution in [0.3, 0.4) is 0 Å². The Hall–Kier alpha value is -2.90. The monoisotopic (exact) mass is 408 g/mol. The molecule has 1 fully saturated rings. The summed E-state index contributed by atoms with van der Waals surface area (Å²) in [5.41, 5.74) is 3.00. The average molecular weight is 409 g/mol. The van der Waals surface area contributed by atoms with Gasteiger partial charge in [0.15, 0.2) is 0 Å². The average Bonchev–Trinajstić information content (AvgIpc) is 3.23. The van der Waals surface area contributed by atoms with Crippen molar-refractivity contribution < 1.29 is 9.53 Å². The molecule has 3 aromatic rings. The lowest BCUT2D eigenvalue weighted by Gasteiger charge is -2.34. The number of nitrogens with zero attached hydrogens (tertiary/aromatic N) is 3. The van der Waals surface area contributed by atoms with Gasteiger partial charge in [0.2, 0.25) is 0 Å². The molecule has 1 aliphatic rings. The van der Waals surface area contributed by atoms with Crippen molar-refractivity contribution in [3.63, 3.8) is 0 Å². The Kier molecular flexibility index (Phi) is 6.07. The van der Waals surface area contributed by atoms with Gasteiger partial charge < -0.3 is 15.0 Å². The Morgan fingerprint density at radius 1 is 1.07 bits per heavy atom. The fraction of sp³-hybridized carbons (Fsp3) is 0.273. The summed E-state index contributed by atoms with van der Waals surface area (Å²) in [7, 11) is 1.67. The molecule has 0 bridgehead atoms. The van der Waals surface area contributed by atoms with Crippen molar-refractivity contribution >= 4 is 23.1 Å².